The predicted octanol–water partition coefficient (Wildman–Crippen LogP) is 4.22. The van der Waals surface area contributed by atoms with Crippen molar-refractivity contribution >= 4 is 38.7 Å². The van der Waals surface area contributed by atoms with Crippen LogP contribution in [0.25, 0.3) is 0 Å². The van der Waals surface area contributed by atoms with E-state index in [4.69, 9.17) is 12.2 Å². The van der Waals surface area contributed by atoms with Gasteiger partial charge in [-0.3, -0.25) is 0 Å². The molecule has 144 valence electrons. The summed E-state index contributed by atoms with van der Waals surface area (Å²) in [6.07, 6.45) is 1.83. The number of nitrogens with zero attached hydrogens (tertiary/aromatic N) is 1. The van der Waals surface area contributed by atoms with Crippen LogP contribution in [-0.4, -0.2) is 30.9 Å². The average Bonchev–Trinajstić information content (AvgIpc) is 2.64. The molecule has 1 fully saturated rings. The first-order valence-electron chi connectivity index (χ1n) is 9.09. The van der Waals surface area contributed by atoms with Crippen molar-refractivity contribution in [2.75, 3.05) is 23.7 Å². The molecule has 0 amide bonds. The summed E-state index contributed by atoms with van der Waals surface area (Å²) in [4.78, 5) is 0.319. The molecule has 27 heavy (non-hydrogen) atoms. The molecular formula is C20H25N3O2S2. The summed E-state index contributed by atoms with van der Waals surface area (Å²) in [6.45, 7) is 5.38. The minimum absolute atomic E-state index is 0.319. The molecule has 3 rings (SSSR count). The summed E-state index contributed by atoms with van der Waals surface area (Å²) >= 11 is 5.32. The lowest BCUT2D eigenvalue weighted by Crippen LogP contribution is -2.37. The lowest BCUT2D eigenvalue weighted by Gasteiger charge is -2.29. The van der Waals surface area contributed by atoms with Gasteiger partial charge in [0.1, 0.15) is 0 Å². The van der Waals surface area contributed by atoms with Crippen molar-refractivity contribution in [3.8, 4) is 0 Å². The van der Waals surface area contributed by atoms with Gasteiger partial charge >= 0.3 is 0 Å². The summed E-state index contributed by atoms with van der Waals surface area (Å²) in [5.41, 5.74) is 2.82. The second-order valence-electron chi connectivity index (χ2n) is 7.06. The maximum absolute atomic E-state index is 12.8. The molecule has 1 saturated heterocycles. The van der Waals surface area contributed by atoms with Gasteiger partial charge in [0.25, 0.3) is 0 Å². The second kappa shape index (κ2) is 8.37. The highest BCUT2D eigenvalue weighted by atomic mass is 32.2. The van der Waals surface area contributed by atoms with Crippen molar-refractivity contribution in [1.29, 1.82) is 0 Å². The Labute approximate surface area is 166 Å². The number of sulfonamides is 1. The third-order valence-electron chi connectivity index (χ3n) is 4.80. The van der Waals surface area contributed by atoms with Crippen molar-refractivity contribution in [3.63, 3.8) is 0 Å². The molecule has 1 aliphatic heterocycles. The number of hydrogen-bond donors (Lipinski definition) is 2. The van der Waals surface area contributed by atoms with E-state index in [9.17, 15) is 8.42 Å². The van der Waals surface area contributed by atoms with Crippen LogP contribution in [0, 0.1) is 12.8 Å². The van der Waals surface area contributed by atoms with E-state index in [1.54, 1.807) is 28.6 Å². The third kappa shape index (κ3) is 5.06. The molecule has 0 bridgehead atoms. The van der Waals surface area contributed by atoms with Crippen molar-refractivity contribution in [3.05, 3.63) is 54.1 Å². The molecule has 0 radical (unpaired) electrons. The van der Waals surface area contributed by atoms with Crippen LogP contribution < -0.4 is 10.6 Å². The van der Waals surface area contributed by atoms with E-state index >= 15 is 0 Å². The van der Waals surface area contributed by atoms with Gasteiger partial charge in [-0.05, 0) is 74.3 Å². The van der Waals surface area contributed by atoms with Crippen molar-refractivity contribution in [2.45, 2.75) is 31.6 Å². The van der Waals surface area contributed by atoms with E-state index in [-0.39, 0.29) is 0 Å². The van der Waals surface area contributed by atoms with Gasteiger partial charge in [0.15, 0.2) is 5.11 Å². The Morgan fingerprint density at radius 3 is 1.96 bits per heavy atom. The van der Waals surface area contributed by atoms with E-state index in [1.165, 1.54) is 5.56 Å². The molecule has 1 aliphatic rings. The monoisotopic (exact) mass is 403 g/mol. The van der Waals surface area contributed by atoms with Crippen LogP contribution in [0.4, 0.5) is 11.4 Å². The van der Waals surface area contributed by atoms with E-state index in [0.717, 1.165) is 24.2 Å². The summed E-state index contributed by atoms with van der Waals surface area (Å²) in [5, 5.41) is 6.65. The molecular weight excluding hydrogens is 378 g/mol. The lowest BCUT2D eigenvalue weighted by atomic mass is 10.0. The number of aryl methyl sites for hydroxylation is 1. The van der Waals surface area contributed by atoms with Crippen molar-refractivity contribution in [2.24, 2.45) is 5.92 Å². The molecule has 0 atom stereocenters. The molecule has 2 aromatic rings. The zero-order valence-electron chi connectivity index (χ0n) is 15.6. The Kier molecular flexibility index (Phi) is 6.14. The second-order valence-corrected chi connectivity index (χ2v) is 9.40. The van der Waals surface area contributed by atoms with E-state index in [2.05, 4.69) is 17.6 Å². The van der Waals surface area contributed by atoms with Gasteiger partial charge in [0.2, 0.25) is 10.0 Å². The van der Waals surface area contributed by atoms with Gasteiger partial charge in [-0.1, -0.05) is 24.6 Å². The molecule has 5 nitrogen and oxygen atoms in total. The third-order valence-corrected chi connectivity index (χ3v) is 6.92. The molecule has 0 aliphatic carbocycles. The highest BCUT2D eigenvalue weighted by Gasteiger charge is 2.27. The lowest BCUT2D eigenvalue weighted by molar-refractivity contribution is 0.288. The fraction of sp³-hybridized carbons (Fsp3) is 0.350. The number of rotatable bonds is 4. The van der Waals surface area contributed by atoms with Crippen LogP contribution in [0.2, 0.25) is 0 Å². The van der Waals surface area contributed by atoms with Crippen LogP contribution in [-0.2, 0) is 10.0 Å². The summed E-state index contributed by atoms with van der Waals surface area (Å²) in [6, 6.07) is 14.7. The number of benzene rings is 2. The zero-order valence-corrected chi connectivity index (χ0v) is 17.2. The molecule has 2 aromatic carbocycles. The SMILES string of the molecule is Cc1ccc(NC(=S)Nc2ccc(S(=O)(=O)N3CCC(C)CC3)cc2)cc1. The van der Waals surface area contributed by atoms with Gasteiger partial charge in [-0.25, -0.2) is 8.42 Å². The minimum atomic E-state index is -3.43. The number of thiocarbonyl (C=S) groups is 1. The first-order chi connectivity index (χ1) is 12.8. The highest BCUT2D eigenvalue weighted by Crippen LogP contribution is 2.24. The van der Waals surface area contributed by atoms with Gasteiger partial charge in [-0.15, -0.1) is 0 Å². The Morgan fingerprint density at radius 2 is 1.44 bits per heavy atom. The smallest absolute Gasteiger partial charge is 0.243 e. The van der Waals surface area contributed by atoms with E-state index < -0.39 is 10.0 Å². The fourth-order valence-corrected chi connectivity index (χ4v) is 4.72. The number of nitrogens with one attached hydrogen (secondary N) is 2. The fourth-order valence-electron chi connectivity index (χ4n) is 3.01. The van der Waals surface area contributed by atoms with Gasteiger partial charge < -0.3 is 10.6 Å². The Balaban J connectivity index is 1.62. The van der Waals surface area contributed by atoms with Gasteiger partial charge in [0, 0.05) is 24.5 Å². The van der Waals surface area contributed by atoms with Crippen LogP contribution in [0.3, 0.4) is 0 Å². The highest BCUT2D eigenvalue weighted by molar-refractivity contribution is 7.89. The molecule has 0 spiro atoms. The molecule has 2 N–H and O–H groups in total. The van der Waals surface area contributed by atoms with Crippen molar-refractivity contribution in [1.82, 2.24) is 4.31 Å². The van der Waals surface area contributed by atoms with Crippen LogP contribution in [0.1, 0.15) is 25.3 Å². The van der Waals surface area contributed by atoms with Crippen molar-refractivity contribution < 1.29 is 8.42 Å². The normalized spacial score (nSPS) is 16.1. The molecule has 0 unspecified atom stereocenters. The number of anilines is 2. The standard InChI is InChI=1S/C20H25N3O2S2/c1-15-3-5-17(6-4-15)21-20(26)22-18-7-9-19(10-8-18)27(24,25)23-13-11-16(2)12-14-23/h3-10,16H,11-14H2,1-2H3,(H2,21,22,26). The predicted molar refractivity (Wildman–Crippen MR) is 115 cm³/mol. The average molecular weight is 404 g/mol. The minimum Gasteiger partial charge on any atom is -0.332 e. The zero-order chi connectivity index (χ0) is 19.4. The van der Waals surface area contributed by atoms with E-state index in [0.29, 0.717) is 29.0 Å². The molecule has 7 heteroatoms. The van der Waals surface area contributed by atoms with Crippen LogP contribution in [0.5, 0.6) is 0 Å². The van der Waals surface area contributed by atoms with Crippen LogP contribution >= 0.6 is 12.2 Å². The Bertz CT molecular complexity index is 886. The number of hydrogen-bond acceptors (Lipinski definition) is 3. The maximum atomic E-state index is 12.8. The quantitative estimate of drug-likeness (QED) is 0.749. The first kappa shape index (κ1) is 19.8. The molecule has 1 heterocycles. The number of piperidine rings is 1. The Morgan fingerprint density at radius 1 is 0.963 bits per heavy atom. The topological polar surface area (TPSA) is 61.4 Å². The Hall–Kier alpha value is -1.96. The van der Waals surface area contributed by atoms with Crippen LogP contribution in [0.15, 0.2) is 53.4 Å². The molecule has 0 aromatic heterocycles. The summed E-state index contributed by atoms with van der Waals surface area (Å²) in [7, 11) is -3.43. The summed E-state index contributed by atoms with van der Waals surface area (Å²) in [5.74, 6) is 0.588. The summed E-state index contributed by atoms with van der Waals surface area (Å²) < 4.78 is 27.1. The largest absolute Gasteiger partial charge is 0.332 e. The molecule has 0 saturated carbocycles. The first-order valence-corrected chi connectivity index (χ1v) is 10.9. The van der Waals surface area contributed by atoms with E-state index in [1.807, 2.05) is 31.2 Å². The van der Waals surface area contributed by atoms with Gasteiger partial charge in [0.05, 0.1) is 4.90 Å². The van der Waals surface area contributed by atoms with Gasteiger partial charge in [-0.2, -0.15) is 4.31 Å². The maximum Gasteiger partial charge on any atom is 0.243 e.